The summed E-state index contributed by atoms with van der Waals surface area (Å²) in [5, 5.41) is 11.6. The van der Waals surface area contributed by atoms with Crippen LogP contribution in [0.4, 0.5) is 0 Å². The Morgan fingerprint density at radius 3 is 2.62 bits per heavy atom. The molecular weight excluding hydrogens is 304 g/mol. The number of para-hydroxylation sites is 1. The Morgan fingerprint density at radius 1 is 1.17 bits per heavy atom. The van der Waals surface area contributed by atoms with Gasteiger partial charge in [-0.2, -0.15) is 0 Å². The minimum atomic E-state index is -0.234. The molecule has 0 atom stereocenters. The minimum Gasteiger partial charge on any atom is -0.508 e. The number of phenols is 1. The normalized spacial score (nSPS) is 10.6. The number of benzene rings is 2. The van der Waals surface area contributed by atoms with Crippen molar-refractivity contribution in [1.29, 1.82) is 0 Å². The van der Waals surface area contributed by atoms with Crippen LogP contribution in [0, 0.1) is 0 Å². The zero-order valence-electron chi connectivity index (χ0n) is 13.6. The number of amides is 1. The molecule has 3 aromatic rings. The monoisotopic (exact) mass is 322 g/mol. The van der Waals surface area contributed by atoms with Crippen molar-refractivity contribution in [2.24, 2.45) is 0 Å². The Bertz CT molecular complexity index is 893. The lowest BCUT2D eigenvalue weighted by Crippen LogP contribution is -2.27. The van der Waals surface area contributed by atoms with Crippen molar-refractivity contribution in [3.8, 4) is 11.6 Å². The highest BCUT2D eigenvalue weighted by molar-refractivity contribution is 5.98. The third-order valence-corrected chi connectivity index (χ3v) is 3.86. The van der Waals surface area contributed by atoms with Gasteiger partial charge in [0.1, 0.15) is 11.4 Å². The second-order valence-electron chi connectivity index (χ2n) is 5.53. The molecule has 122 valence electrons. The van der Waals surface area contributed by atoms with Crippen LogP contribution in [0.1, 0.15) is 16.1 Å². The molecule has 0 saturated heterocycles. The molecule has 0 unspecified atom stereocenters. The number of ether oxygens (including phenoxy) is 1. The van der Waals surface area contributed by atoms with E-state index in [4.69, 9.17) is 4.74 Å². The topological polar surface area (TPSA) is 62.7 Å². The van der Waals surface area contributed by atoms with Gasteiger partial charge in [-0.15, -0.1) is 0 Å². The highest BCUT2D eigenvalue weighted by Crippen LogP contribution is 2.25. The molecule has 1 heterocycles. The van der Waals surface area contributed by atoms with E-state index in [0.717, 1.165) is 10.8 Å². The molecule has 0 spiro atoms. The number of methoxy groups -OCH3 is 1. The first-order valence-electron chi connectivity index (χ1n) is 7.56. The zero-order valence-corrected chi connectivity index (χ0v) is 13.6. The lowest BCUT2D eigenvalue weighted by molar-refractivity contribution is 0.0778. The second-order valence-corrected chi connectivity index (χ2v) is 5.53. The van der Waals surface area contributed by atoms with E-state index in [2.05, 4.69) is 4.98 Å². The molecule has 0 aliphatic rings. The summed E-state index contributed by atoms with van der Waals surface area (Å²) < 4.78 is 5.31. The van der Waals surface area contributed by atoms with Crippen LogP contribution in [-0.2, 0) is 6.54 Å². The summed E-state index contributed by atoms with van der Waals surface area (Å²) in [6.07, 6.45) is 0. The number of pyridine rings is 1. The fourth-order valence-corrected chi connectivity index (χ4v) is 2.60. The molecule has 2 aromatic carbocycles. The average molecular weight is 322 g/mol. The van der Waals surface area contributed by atoms with Crippen molar-refractivity contribution in [2.45, 2.75) is 6.54 Å². The van der Waals surface area contributed by atoms with Crippen LogP contribution in [0.3, 0.4) is 0 Å². The summed E-state index contributed by atoms with van der Waals surface area (Å²) in [4.78, 5) is 18.5. The summed E-state index contributed by atoms with van der Waals surface area (Å²) in [6, 6.07) is 16.3. The number of phenolic OH excluding ortho intramolecular Hbond substituents is 1. The predicted molar refractivity (Wildman–Crippen MR) is 92.2 cm³/mol. The maximum Gasteiger partial charge on any atom is 0.272 e. The van der Waals surface area contributed by atoms with E-state index in [0.29, 0.717) is 23.7 Å². The van der Waals surface area contributed by atoms with Gasteiger partial charge in [-0.1, -0.05) is 36.4 Å². The highest BCUT2D eigenvalue weighted by atomic mass is 16.5. The zero-order chi connectivity index (χ0) is 17.1. The third-order valence-electron chi connectivity index (χ3n) is 3.86. The first kappa shape index (κ1) is 15.8. The maximum absolute atomic E-state index is 12.7. The standard InChI is InChI=1S/C19H18N2O3/c1-21(12-14-8-4-6-10-17(14)22)19(23)16-11-13-7-3-5-9-15(13)18(20-16)24-2/h3-11,22H,12H2,1-2H3. The molecule has 24 heavy (non-hydrogen) atoms. The number of aromatic nitrogens is 1. The Labute approximate surface area is 140 Å². The van der Waals surface area contributed by atoms with Crippen LogP contribution in [-0.4, -0.2) is 35.1 Å². The first-order valence-corrected chi connectivity index (χ1v) is 7.56. The summed E-state index contributed by atoms with van der Waals surface area (Å²) in [7, 11) is 3.22. The Morgan fingerprint density at radius 2 is 1.88 bits per heavy atom. The molecule has 0 saturated carbocycles. The van der Waals surface area contributed by atoms with Crippen molar-refractivity contribution in [3.05, 3.63) is 65.9 Å². The molecule has 0 aliphatic carbocycles. The van der Waals surface area contributed by atoms with Crippen molar-refractivity contribution in [3.63, 3.8) is 0 Å². The number of carbonyl (C=O) groups excluding carboxylic acids is 1. The van der Waals surface area contributed by atoms with Gasteiger partial charge in [0.05, 0.1) is 7.11 Å². The van der Waals surface area contributed by atoms with Crippen LogP contribution in [0.5, 0.6) is 11.6 Å². The lowest BCUT2D eigenvalue weighted by atomic mass is 10.1. The van der Waals surface area contributed by atoms with E-state index in [9.17, 15) is 9.90 Å². The summed E-state index contributed by atoms with van der Waals surface area (Å²) >= 11 is 0. The largest absolute Gasteiger partial charge is 0.508 e. The molecule has 0 fully saturated rings. The average Bonchev–Trinajstić information content (AvgIpc) is 2.62. The molecule has 0 radical (unpaired) electrons. The number of carbonyl (C=O) groups is 1. The smallest absolute Gasteiger partial charge is 0.272 e. The van der Waals surface area contributed by atoms with Gasteiger partial charge in [-0.05, 0) is 23.6 Å². The fraction of sp³-hybridized carbons (Fsp3) is 0.158. The van der Waals surface area contributed by atoms with Crippen LogP contribution >= 0.6 is 0 Å². The minimum absolute atomic E-state index is 0.168. The van der Waals surface area contributed by atoms with Crippen LogP contribution in [0.25, 0.3) is 10.8 Å². The SMILES string of the molecule is COc1nc(C(=O)N(C)Cc2ccccc2O)cc2ccccc12. The quantitative estimate of drug-likeness (QED) is 0.801. The Balaban J connectivity index is 1.92. The first-order chi connectivity index (χ1) is 11.6. The van der Waals surface area contributed by atoms with Gasteiger partial charge >= 0.3 is 0 Å². The van der Waals surface area contributed by atoms with Crippen LogP contribution in [0.15, 0.2) is 54.6 Å². The molecule has 1 aromatic heterocycles. The van der Waals surface area contributed by atoms with Gasteiger partial charge < -0.3 is 14.7 Å². The van der Waals surface area contributed by atoms with E-state index < -0.39 is 0 Å². The molecular formula is C19H18N2O3. The predicted octanol–water partition coefficient (Wildman–Crippen LogP) is 3.22. The molecule has 1 N–H and O–H groups in total. The van der Waals surface area contributed by atoms with E-state index in [1.54, 1.807) is 31.3 Å². The van der Waals surface area contributed by atoms with E-state index in [-0.39, 0.29) is 11.7 Å². The maximum atomic E-state index is 12.7. The number of rotatable bonds is 4. The molecule has 0 bridgehead atoms. The summed E-state index contributed by atoms with van der Waals surface area (Å²) in [6.45, 7) is 0.294. The fourth-order valence-electron chi connectivity index (χ4n) is 2.60. The van der Waals surface area contributed by atoms with Gasteiger partial charge in [0.2, 0.25) is 5.88 Å². The molecule has 5 heteroatoms. The third kappa shape index (κ3) is 3.01. The summed E-state index contributed by atoms with van der Waals surface area (Å²) in [5.41, 5.74) is 0.990. The van der Waals surface area contributed by atoms with Crippen molar-refractivity contribution >= 4 is 16.7 Å². The Hall–Kier alpha value is -3.08. The number of aromatic hydroxyl groups is 1. The van der Waals surface area contributed by atoms with Crippen molar-refractivity contribution in [1.82, 2.24) is 9.88 Å². The van der Waals surface area contributed by atoms with Gasteiger partial charge in [-0.3, -0.25) is 4.79 Å². The van der Waals surface area contributed by atoms with Crippen molar-refractivity contribution < 1.29 is 14.6 Å². The second kappa shape index (κ2) is 6.58. The number of hydrogen-bond acceptors (Lipinski definition) is 4. The summed E-state index contributed by atoms with van der Waals surface area (Å²) in [5.74, 6) is 0.357. The van der Waals surface area contributed by atoms with Gasteiger partial charge in [-0.25, -0.2) is 4.98 Å². The van der Waals surface area contributed by atoms with Gasteiger partial charge in [0.15, 0.2) is 0 Å². The van der Waals surface area contributed by atoms with E-state index in [1.165, 1.54) is 12.0 Å². The number of nitrogens with zero attached hydrogens (tertiary/aromatic N) is 2. The number of fused-ring (bicyclic) bond motifs is 1. The molecule has 0 aliphatic heterocycles. The van der Waals surface area contributed by atoms with Crippen molar-refractivity contribution in [2.75, 3.05) is 14.2 Å². The Kier molecular flexibility index (Phi) is 4.33. The lowest BCUT2D eigenvalue weighted by Gasteiger charge is -2.18. The van der Waals surface area contributed by atoms with Crippen LogP contribution < -0.4 is 4.74 Å². The molecule has 3 rings (SSSR count). The van der Waals surface area contributed by atoms with Crippen LogP contribution in [0.2, 0.25) is 0 Å². The molecule has 1 amide bonds. The van der Waals surface area contributed by atoms with E-state index >= 15 is 0 Å². The van der Waals surface area contributed by atoms with Gasteiger partial charge in [0, 0.05) is 24.5 Å². The van der Waals surface area contributed by atoms with Gasteiger partial charge in [0.25, 0.3) is 5.91 Å². The van der Waals surface area contributed by atoms with E-state index in [1.807, 2.05) is 30.3 Å². The number of hydrogen-bond donors (Lipinski definition) is 1. The molecule has 5 nitrogen and oxygen atoms in total. The highest BCUT2D eigenvalue weighted by Gasteiger charge is 2.17.